The topological polar surface area (TPSA) is 23.6 Å². The van der Waals surface area contributed by atoms with Gasteiger partial charge in [0.2, 0.25) is 0 Å². The number of thiocarbonyl (C=S) groups is 1. The Morgan fingerprint density at radius 1 is 1.50 bits per heavy atom. The summed E-state index contributed by atoms with van der Waals surface area (Å²) >= 11 is 6.54. The third kappa shape index (κ3) is 2.67. The Hall–Kier alpha value is -1.07. The number of hydrogen-bond donors (Lipinski definition) is 0. The highest BCUT2D eigenvalue weighted by Crippen LogP contribution is 2.31. The average Bonchev–Trinajstić information content (AvgIpc) is 2.86. The Labute approximate surface area is 117 Å². The summed E-state index contributed by atoms with van der Waals surface area (Å²) in [7, 11) is 2.08. The fraction of sp³-hybridized carbons (Fsp3) is 0.385. The van der Waals surface area contributed by atoms with Gasteiger partial charge in [0.25, 0.3) is 5.91 Å². The summed E-state index contributed by atoms with van der Waals surface area (Å²) in [5.41, 5.74) is 1.28. The summed E-state index contributed by atoms with van der Waals surface area (Å²) in [6.45, 7) is 5.22. The second-order valence-corrected chi connectivity index (χ2v) is 5.96. The molecule has 0 atom stereocenters. The van der Waals surface area contributed by atoms with E-state index < -0.39 is 0 Å². The molecule has 0 radical (unpaired) electrons. The molecule has 3 nitrogen and oxygen atoms in total. The Morgan fingerprint density at radius 2 is 2.28 bits per heavy atom. The van der Waals surface area contributed by atoms with E-state index in [9.17, 15) is 4.79 Å². The molecular formula is C13H16N2OS2. The summed E-state index contributed by atoms with van der Waals surface area (Å²) in [6.07, 6.45) is 7.89. The first-order chi connectivity index (χ1) is 8.63. The van der Waals surface area contributed by atoms with E-state index in [1.165, 1.54) is 23.9 Å². The minimum absolute atomic E-state index is 0.0117. The van der Waals surface area contributed by atoms with Gasteiger partial charge in [-0.3, -0.25) is 9.69 Å². The van der Waals surface area contributed by atoms with Crippen LogP contribution in [0, 0.1) is 0 Å². The van der Waals surface area contributed by atoms with Gasteiger partial charge in [-0.05, 0) is 25.0 Å². The predicted molar refractivity (Wildman–Crippen MR) is 80.1 cm³/mol. The van der Waals surface area contributed by atoms with Crippen LogP contribution < -0.4 is 0 Å². The smallest absolute Gasteiger partial charge is 0.266 e. The van der Waals surface area contributed by atoms with Gasteiger partial charge in [-0.1, -0.05) is 30.1 Å². The maximum Gasteiger partial charge on any atom is 0.266 e. The van der Waals surface area contributed by atoms with Crippen LogP contribution in [0.2, 0.25) is 0 Å². The third-order valence-electron chi connectivity index (χ3n) is 3.03. The van der Waals surface area contributed by atoms with Gasteiger partial charge in [0.1, 0.15) is 4.32 Å². The molecule has 2 saturated heterocycles. The Kier molecular flexibility index (Phi) is 4.24. The van der Waals surface area contributed by atoms with Gasteiger partial charge in [0.05, 0.1) is 4.91 Å². The van der Waals surface area contributed by atoms with Crippen LogP contribution in [-0.4, -0.2) is 40.2 Å². The normalized spacial score (nSPS) is 24.7. The minimum atomic E-state index is -0.0117. The summed E-state index contributed by atoms with van der Waals surface area (Å²) in [4.78, 5) is 16.6. The molecule has 2 fully saturated rings. The lowest BCUT2D eigenvalue weighted by molar-refractivity contribution is -0.121. The highest BCUT2D eigenvalue weighted by Gasteiger charge is 2.30. The summed E-state index contributed by atoms with van der Waals surface area (Å²) < 4.78 is 0.615. The molecule has 0 N–H and O–H groups in total. The van der Waals surface area contributed by atoms with Crippen molar-refractivity contribution < 1.29 is 4.79 Å². The lowest BCUT2D eigenvalue weighted by atomic mass is 10.3. The van der Waals surface area contributed by atoms with Gasteiger partial charge in [-0.15, -0.1) is 6.58 Å². The molecule has 2 rings (SSSR count). The van der Waals surface area contributed by atoms with E-state index in [1.807, 2.05) is 12.2 Å². The van der Waals surface area contributed by atoms with E-state index in [-0.39, 0.29) is 5.91 Å². The largest absolute Gasteiger partial charge is 0.378 e. The van der Waals surface area contributed by atoms with Gasteiger partial charge in [-0.25, -0.2) is 0 Å². The molecule has 2 aliphatic rings. The fourth-order valence-electron chi connectivity index (χ4n) is 2.01. The molecule has 5 heteroatoms. The van der Waals surface area contributed by atoms with Crippen LogP contribution >= 0.6 is 24.0 Å². The molecule has 18 heavy (non-hydrogen) atoms. The molecule has 0 unspecified atom stereocenters. The number of thioether (sulfide) groups is 1. The first-order valence-corrected chi connectivity index (χ1v) is 7.12. The Bertz CT molecular complexity index is 454. The van der Waals surface area contributed by atoms with Crippen LogP contribution in [0.1, 0.15) is 12.8 Å². The van der Waals surface area contributed by atoms with Crippen molar-refractivity contribution in [2.45, 2.75) is 12.8 Å². The third-order valence-corrected chi connectivity index (χ3v) is 4.43. The van der Waals surface area contributed by atoms with Gasteiger partial charge >= 0.3 is 0 Å². The van der Waals surface area contributed by atoms with Crippen LogP contribution in [0.5, 0.6) is 0 Å². The van der Waals surface area contributed by atoms with Crippen LogP contribution in [0.4, 0.5) is 0 Å². The summed E-state index contributed by atoms with van der Waals surface area (Å²) in [5, 5.41) is 0. The van der Waals surface area contributed by atoms with Gasteiger partial charge in [0, 0.05) is 25.8 Å². The molecule has 0 saturated carbocycles. The number of likely N-dealkylation sites (tertiary alicyclic amines) is 1. The molecule has 0 aliphatic carbocycles. The zero-order valence-electron chi connectivity index (χ0n) is 10.4. The van der Waals surface area contributed by atoms with Crippen LogP contribution in [0.25, 0.3) is 0 Å². The number of allylic oxidation sites excluding steroid dienone is 3. The van der Waals surface area contributed by atoms with Crippen molar-refractivity contribution in [2.24, 2.45) is 0 Å². The molecule has 96 valence electrons. The molecule has 0 aromatic rings. The van der Waals surface area contributed by atoms with E-state index in [2.05, 4.69) is 18.5 Å². The molecule has 2 heterocycles. The number of nitrogens with zero attached hydrogens (tertiary/aromatic N) is 2. The van der Waals surface area contributed by atoms with Crippen molar-refractivity contribution in [3.05, 3.63) is 35.4 Å². The lowest BCUT2D eigenvalue weighted by Gasteiger charge is -2.11. The standard InChI is InChI=1S/C13H16N2OS2/c1-3-8-15-12(16)11(18-13(15)17)7-6-10-5-4-9-14(10)2/h3,6-7H,1,4-5,8-9H2,2H3/b10-6-,11-7-. The molecule has 1 amide bonds. The van der Waals surface area contributed by atoms with E-state index in [0.717, 1.165) is 13.0 Å². The van der Waals surface area contributed by atoms with Crippen molar-refractivity contribution in [2.75, 3.05) is 20.1 Å². The first kappa shape index (κ1) is 13.4. The fourth-order valence-corrected chi connectivity index (χ4v) is 3.23. The monoisotopic (exact) mass is 280 g/mol. The molecular weight excluding hydrogens is 264 g/mol. The molecule has 0 bridgehead atoms. The molecule has 2 aliphatic heterocycles. The number of hydrogen-bond acceptors (Lipinski definition) is 4. The van der Waals surface area contributed by atoms with Crippen LogP contribution in [-0.2, 0) is 4.79 Å². The Morgan fingerprint density at radius 3 is 2.89 bits per heavy atom. The zero-order valence-corrected chi connectivity index (χ0v) is 12.0. The van der Waals surface area contributed by atoms with E-state index >= 15 is 0 Å². The lowest BCUT2D eigenvalue weighted by Crippen LogP contribution is -2.27. The quantitative estimate of drug-likeness (QED) is 0.450. The van der Waals surface area contributed by atoms with E-state index in [4.69, 9.17) is 12.2 Å². The van der Waals surface area contributed by atoms with Crippen molar-refractivity contribution >= 4 is 34.2 Å². The van der Waals surface area contributed by atoms with Crippen molar-refractivity contribution in [3.8, 4) is 0 Å². The maximum absolute atomic E-state index is 12.1. The second-order valence-electron chi connectivity index (χ2n) is 4.29. The van der Waals surface area contributed by atoms with E-state index in [0.29, 0.717) is 15.8 Å². The van der Waals surface area contributed by atoms with Gasteiger partial charge < -0.3 is 4.90 Å². The Balaban J connectivity index is 2.13. The molecule has 0 aromatic carbocycles. The second kappa shape index (κ2) is 5.71. The maximum atomic E-state index is 12.1. The SMILES string of the molecule is C=CCN1C(=O)/C(=C/C=C2/CCCN2C)SC1=S. The van der Waals surface area contributed by atoms with Crippen molar-refractivity contribution in [1.82, 2.24) is 9.80 Å². The van der Waals surface area contributed by atoms with Crippen LogP contribution in [0.15, 0.2) is 35.4 Å². The minimum Gasteiger partial charge on any atom is -0.378 e. The highest BCUT2D eigenvalue weighted by molar-refractivity contribution is 8.26. The van der Waals surface area contributed by atoms with E-state index in [1.54, 1.807) is 11.0 Å². The molecule has 0 spiro atoms. The average molecular weight is 280 g/mol. The van der Waals surface area contributed by atoms with Crippen LogP contribution in [0.3, 0.4) is 0 Å². The van der Waals surface area contributed by atoms with Crippen molar-refractivity contribution in [3.63, 3.8) is 0 Å². The molecule has 0 aromatic heterocycles. The summed E-state index contributed by atoms with van der Waals surface area (Å²) in [6, 6.07) is 0. The highest BCUT2D eigenvalue weighted by atomic mass is 32.2. The van der Waals surface area contributed by atoms with Crippen molar-refractivity contribution in [1.29, 1.82) is 0 Å². The number of amides is 1. The number of rotatable bonds is 3. The zero-order chi connectivity index (χ0) is 13.1. The first-order valence-electron chi connectivity index (χ1n) is 5.90. The predicted octanol–water partition coefficient (Wildman–Crippen LogP) is 2.53. The van der Waals surface area contributed by atoms with Gasteiger partial charge in [0.15, 0.2) is 0 Å². The summed E-state index contributed by atoms with van der Waals surface area (Å²) in [5.74, 6) is -0.0117. The number of carbonyl (C=O) groups excluding carboxylic acids is 1. The number of carbonyl (C=O) groups is 1. The van der Waals surface area contributed by atoms with Gasteiger partial charge in [-0.2, -0.15) is 0 Å².